The maximum Gasteiger partial charge on any atom is 0.220 e. The highest BCUT2D eigenvalue weighted by Crippen LogP contribution is 2.19. The Morgan fingerprint density at radius 1 is 1.42 bits per heavy atom. The van der Waals surface area contributed by atoms with Gasteiger partial charge in [0.1, 0.15) is 6.17 Å². The fourth-order valence-electron chi connectivity index (χ4n) is 0.956. The number of hydrogen-bond acceptors (Lipinski definition) is 1. The zero-order valence-electron chi connectivity index (χ0n) is 6.53. The maximum absolute atomic E-state index is 13.1. The Kier molecular flexibility index (Phi) is 2.80. The minimum Gasteiger partial charge on any atom is -0.370 e. The van der Waals surface area contributed by atoms with E-state index in [1.165, 1.54) is 0 Å². The first-order chi connectivity index (χ1) is 5.70. The van der Waals surface area contributed by atoms with E-state index in [4.69, 9.17) is 5.73 Å². The van der Waals surface area contributed by atoms with Gasteiger partial charge in [-0.1, -0.05) is 30.3 Å². The van der Waals surface area contributed by atoms with Crippen molar-refractivity contribution in [2.45, 2.75) is 12.6 Å². The molecule has 1 aromatic carbocycles. The lowest BCUT2D eigenvalue weighted by Gasteiger charge is -2.04. The molecule has 1 unspecified atom stereocenters. The average Bonchev–Trinajstić information content (AvgIpc) is 2.05. The number of benzene rings is 1. The number of amides is 1. The van der Waals surface area contributed by atoms with E-state index in [1.54, 1.807) is 30.3 Å². The summed E-state index contributed by atoms with van der Waals surface area (Å²) in [6.07, 6.45) is -1.52. The third-order valence-corrected chi connectivity index (χ3v) is 1.54. The van der Waals surface area contributed by atoms with Gasteiger partial charge < -0.3 is 5.73 Å². The van der Waals surface area contributed by atoms with Crippen molar-refractivity contribution in [2.75, 3.05) is 0 Å². The van der Waals surface area contributed by atoms with Crippen LogP contribution in [0.15, 0.2) is 30.3 Å². The van der Waals surface area contributed by atoms with E-state index in [2.05, 4.69) is 0 Å². The number of halogens is 1. The number of hydrogen-bond donors (Lipinski definition) is 1. The van der Waals surface area contributed by atoms with Crippen LogP contribution in [0, 0.1) is 0 Å². The normalized spacial score (nSPS) is 12.4. The molecule has 12 heavy (non-hydrogen) atoms. The van der Waals surface area contributed by atoms with Gasteiger partial charge in [0, 0.05) is 0 Å². The molecule has 0 fully saturated rings. The van der Waals surface area contributed by atoms with Crippen LogP contribution in [0.25, 0.3) is 0 Å². The highest BCUT2D eigenvalue weighted by atomic mass is 19.1. The van der Waals surface area contributed by atoms with Crippen LogP contribution in [0.3, 0.4) is 0 Å². The Bertz CT molecular complexity index is 260. The van der Waals surface area contributed by atoms with Gasteiger partial charge in [0.2, 0.25) is 5.91 Å². The minimum atomic E-state index is -1.27. The van der Waals surface area contributed by atoms with Gasteiger partial charge in [-0.25, -0.2) is 4.39 Å². The fraction of sp³-hybridized carbons (Fsp3) is 0.222. The molecule has 64 valence electrons. The Hall–Kier alpha value is -1.38. The van der Waals surface area contributed by atoms with Crippen LogP contribution in [0.5, 0.6) is 0 Å². The summed E-state index contributed by atoms with van der Waals surface area (Å²) in [4.78, 5) is 10.4. The number of carbonyl (C=O) groups is 1. The van der Waals surface area contributed by atoms with Gasteiger partial charge in [0.15, 0.2) is 0 Å². The molecule has 1 aromatic rings. The van der Waals surface area contributed by atoms with Crippen LogP contribution in [-0.4, -0.2) is 5.91 Å². The smallest absolute Gasteiger partial charge is 0.220 e. The SMILES string of the molecule is NC(=O)CC(F)c1ccccc1. The van der Waals surface area contributed by atoms with Gasteiger partial charge in [-0.05, 0) is 5.56 Å². The topological polar surface area (TPSA) is 43.1 Å². The standard InChI is InChI=1S/C9H10FNO/c10-8(6-9(11)12)7-4-2-1-3-5-7/h1-5,8H,6H2,(H2,11,12). The van der Waals surface area contributed by atoms with E-state index < -0.39 is 12.1 Å². The fourth-order valence-corrected chi connectivity index (χ4v) is 0.956. The summed E-state index contributed by atoms with van der Waals surface area (Å²) in [5.74, 6) is -0.619. The quantitative estimate of drug-likeness (QED) is 0.729. The third-order valence-electron chi connectivity index (χ3n) is 1.54. The number of carbonyl (C=O) groups excluding carboxylic acids is 1. The highest BCUT2D eigenvalue weighted by molar-refractivity contribution is 5.74. The van der Waals surface area contributed by atoms with Gasteiger partial charge in [-0.3, -0.25) is 4.79 Å². The van der Waals surface area contributed by atoms with Crippen molar-refractivity contribution in [1.29, 1.82) is 0 Å². The zero-order chi connectivity index (χ0) is 8.97. The summed E-state index contributed by atoms with van der Waals surface area (Å²) in [6.45, 7) is 0. The second-order valence-electron chi connectivity index (χ2n) is 2.55. The molecule has 1 amide bonds. The summed E-state index contributed by atoms with van der Waals surface area (Å²) in [6, 6.07) is 8.51. The second-order valence-corrected chi connectivity index (χ2v) is 2.55. The van der Waals surface area contributed by atoms with Crippen LogP contribution >= 0.6 is 0 Å². The van der Waals surface area contributed by atoms with Gasteiger partial charge >= 0.3 is 0 Å². The second kappa shape index (κ2) is 3.85. The first kappa shape index (κ1) is 8.71. The number of primary amides is 1. The Morgan fingerprint density at radius 3 is 2.50 bits per heavy atom. The summed E-state index contributed by atoms with van der Waals surface area (Å²) in [7, 11) is 0. The molecule has 2 N–H and O–H groups in total. The van der Waals surface area contributed by atoms with E-state index in [0.29, 0.717) is 5.56 Å². The molecule has 0 radical (unpaired) electrons. The molecule has 0 bridgehead atoms. The monoisotopic (exact) mass is 167 g/mol. The van der Waals surface area contributed by atoms with E-state index in [1.807, 2.05) is 0 Å². The molecular formula is C9H10FNO. The number of nitrogens with two attached hydrogens (primary N) is 1. The largest absolute Gasteiger partial charge is 0.370 e. The van der Waals surface area contributed by atoms with Gasteiger partial charge in [-0.2, -0.15) is 0 Å². The summed E-state index contributed by atoms with van der Waals surface area (Å²) >= 11 is 0. The molecule has 0 heterocycles. The van der Waals surface area contributed by atoms with Crippen LogP contribution in [-0.2, 0) is 4.79 Å². The van der Waals surface area contributed by atoms with E-state index >= 15 is 0 Å². The zero-order valence-corrected chi connectivity index (χ0v) is 6.53. The van der Waals surface area contributed by atoms with Crippen molar-refractivity contribution in [3.05, 3.63) is 35.9 Å². The van der Waals surface area contributed by atoms with E-state index in [-0.39, 0.29) is 6.42 Å². The molecule has 0 aliphatic carbocycles. The highest BCUT2D eigenvalue weighted by Gasteiger charge is 2.11. The van der Waals surface area contributed by atoms with Crippen molar-refractivity contribution in [3.63, 3.8) is 0 Å². The van der Waals surface area contributed by atoms with Crippen molar-refractivity contribution in [1.82, 2.24) is 0 Å². The average molecular weight is 167 g/mol. The molecule has 1 rings (SSSR count). The molecule has 3 heteroatoms. The molecule has 0 aliphatic rings. The summed E-state index contributed by atoms with van der Waals surface area (Å²) in [5, 5.41) is 0. The van der Waals surface area contributed by atoms with E-state index in [9.17, 15) is 9.18 Å². The van der Waals surface area contributed by atoms with Crippen molar-refractivity contribution in [3.8, 4) is 0 Å². The van der Waals surface area contributed by atoms with Crippen molar-refractivity contribution >= 4 is 5.91 Å². The first-order valence-electron chi connectivity index (χ1n) is 3.67. The first-order valence-corrected chi connectivity index (χ1v) is 3.67. The molecule has 1 atom stereocenters. The molecule has 0 aromatic heterocycles. The predicted octanol–water partition coefficient (Wildman–Crippen LogP) is 1.57. The molecule has 2 nitrogen and oxygen atoms in total. The molecule has 0 saturated heterocycles. The van der Waals surface area contributed by atoms with Crippen LogP contribution < -0.4 is 5.73 Å². The third kappa shape index (κ3) is 2.34. The summed E-state index contributed by atoms with van der Waals surface area (Å²) in [5.41, 5.74) is 5.35. The van der Waals surface area contributed by atoms with Crippen LogP contribution in [0.4, 0.5) is 4.39 Å². The Balaban J connectivity index is 2.65. The van der Waals surface area contributed by atoms with Crippen LogP contribution in [0.1, 0.15) is 18.2 Å². The minimum absolute atomic E-state index is 0.246. The molecule has 0 saturated carbocycles. The lowest BCUT2D eigenvalue weighted by atomic mass is 10.1. The van der Waals surface area contributed by atoms with E-state index in [0.717, 1.165) is 0 Å². The maximum atomic E-state index is 13.1. The van der Waals surface area contributed by atoms with Crippen molar-refractivity contribution < 1.29 is 9.18 Å². The Morgan fingerprint density at radius 2 is 2.00 bits per heavy atom. The number of rotatable bonds is 3. The van der Waals surface area contributed by atoms with Gasteiger partial charge in [0.25, 0.3) is 0 Å². The van der Waals surface area contributed by atoms with Crippen molar-refractivity contribution in [2.24, 2.45) is 5.73 Å². The lowest BCUT2D eigenvalue weighted by molar-refractivity contribution is -0.119. The molecular weight excluding hydrogens is 157 g/mol. The molecule has 0 aliphatic heterocycles. The lowest BCUT2D eigenvalue weighted by Crippen LogP contribution is -2.13. The Labute approximate surface area is 70.2 Å². The predicted molar refractivity (Wildman–Crippen MR) is 44.1 cm³/mol. The van der Waals surface area contributed by atoms with Crippen LogP contribution in [0.2, 0.25) is 0 Å². The summed E-state index contributed by atoms with van der Waals surface area (Å²) < 4.78 is 13.1. The van der Waals surface area contributed by atoms with Gasteiger partial charge in [-0.15, -0.1) is 0 Å². The van der Waals surface area contributed by atoms with Gasteiger partial charge in [0.05, 0.1) is 6.42 Å². The molecule has 0 spiro atoms. The number of alkyl halides is 1.